The molecule has 2 aliphatic rings. The summed E-state index contributed by atoms with van der Waals surface area (Å²) in [4.78, 5) is 14.0. The lowest BCUT2D eigenvalue weighted by atomic mass is 10.0. The molecule has 2 rings (SSSR count). The van der Waals surface area contributed by atoms with Crippen LogP contribution in [0.25, 0.3) is 0 Å². The van der Waals surface area contributed by atoms with E-state index < -0.39 is 10.0 Å². The van der Waals surface area contributed by atoms with Crippen LogP contribution in [0.3, 0.4) is 0 Å². The minimum atomic E-state index is -3.14. The van der Waals surface area contributed by atoms with Gasteiger partial charge in [0.25, 0.3) is 0 Å². The van der Waals surface area contributed by atoms with E-state index in [-0.39, 0.29) is 17.7 Å². The van der Waals surface area contributed by atoms with E-state index in [0.717, 1.165) is 19.4 Å². The van der Waals surface area contributed by atoms with Gasteiger partial charge >= 0.3 is 0 Å². The second-order valence-corrected chi connectivity index (χ2v) is 7.72. The van der Waals surface area contributed by atoms with Crippen molar-refractivity contribution in [3.63, 3.8) is 0 Å². The van der Waals surface area contributed by atoms with E-state index in [1.807, 2.05) is 4.90 Å². The number of piperidine rings is 1. The second-order valence-electron chi connectivity index (χ2n) is 5.67. The number of carbonyl (C=O) groups excluding carboxylic acids is 1. The number of nitrogens with one attached hydrogen (secondary N) is 2. The van der Waals surface area contributed by atoms with Gasteiger partial charge in [0.15, 0.2) is 0 Å². The van der Waals surface area contributed by atoms with Gasteiger partial charge in [0.1, 0.15) is 0 Å². The zero-order valence-corrected chi connectivity index (χ0v) is 12.9. The van der Waals surface area contributed by atoms with Crippen molar-refractivity contribution < 1.29 is 13.2 Å². The zero-order chi connectivity index (χ0) is 14.6. The fraction of sp³-hybridized carbons (Fsp3) is 0.923. The van der Waals surface area contributed by atoms with Crippen molar-refractivity contribution in [2.45, 2.75) is 51.1 Å². The summed E-state index contributed by atoms with van der Waals surface area (Å²) in [5, 5.41) is 3.33. The summed E-state index contributed by atoms with van der Waals surface area (Å²) < 4.78 is 25.7. The van der Waals surface area contributed by atoms with E-state index in [1.54, 1.807) is 6.92 Å². The minimum absolute atomic E-state index is 0.0198. The third-order valence-corrected chi connectivity index (χ3v) is 5.61. The molecule has 0 aromatic rings. The number of nitrogens with zero attached hydrogens (tertiary/aromatic N) is 1. The Morgan fingerprint density at radius 1 is 1.30 bits per heavy atom. The van der Waals surface area contributed by atoms with Crippen molar-refractivity contribution in [3.05, 3.63) is 0 Å². The molecule has 0 aromatic heterocycles. The average Bonchev–Trinajstić information content (AvgIpc) is 2.92. The van der Waals surface area contributed by atoms with Gasteiger partial charge < -0.3 is 10.2 Å². The van der Waals surface area contributed by atoms with Gasteiger partial charge in [0, 0.05) is 31.6 Å². The molecule has 6 nitrogen and oxygen atoms in total. The zero-order valence-electron chi connectivity index (χ0n) is 12.1. The van der Waals surface area contributed by atoms with Crippen molar-refractivity contribution >= 4 is 15.9 Å². The molecule has 0 bridgehead atoms. The molecule has 2 heterocycles. The van der Waals surface area contributed by atoms with Gasteiger partial charge in [-0.2, -0.15) is 0 Å². The Morgan fingerprint density at radius 2 is 2.00 bits per heavy atom. The number of hydrogen-bond donors (Lipinski definition) is 2. The highest BCUT2D eigenvalue weighted by Gasteiger charge is 2.27. The fourth-order valence-corrected chi connectivity index (χ4v) is 3.77. The summed E-state index contributed by atoms with van der Waals surface area (Å²) in [7, 11) is -3.14. The molecule has 0 spiro atoms. The Morgan fingerprint density at radius 3 is 2.55 bits per heavy atom. The van der Waals surface area contributed by atoms with Crippen LogP contribution >= 0.6 is 0 Å². The molecule has 2 N–H and O–H groups in total. The topological polar surface area (TPSA) is 78.5 Å². The summed E-state index contributed by atoms with van der Waals surface area (Å²) in [6.07, 6.45) is 4.23. The van der Waals surface area contributed by atoms with E-state index in [2.05, 4.69) is 10.0 Å². The second kappa shape index (κ2) is 6.87. The van der Waals surface area contributed by atoms with E-state index in [0.29, 0.717) is 38.4 Å². The molecule has 0 aromatic carbocycles. The van der Waals surface area contributed by atoms with Crippen LogP contribution in [0.2, 0.25) is 0 Å². The number of rotatable bonds is 5. The standard InChI is InChI=1S/C13H25N3O3S/c1-2-20(18,19)15-11-5-8-16(9-6-11)13(17)10-12-4-3-7-14-12/h11-12,14-15H,2-10H2,1H3. The number of carbonyl (C=O) groups is 1. The van der Waals surface area contributed by atoms with Crippen molar-refractivity contribution in [2.24, 2.45) is 0 Å². The lowest BCUT2D eigenvalue weighted by Gasteiger charge is -2.32. The van der Waals surface area contributed by atoms with Gasteiger partial charge in [-0.3, -0.25) is 4.79 Å². The Balaban J connectivity index is 1.74. The maximum atomic E-state index is 12.1. The number of sulfonamides is 1. The van der Waals surface area contributed by atoms with Gasteiger partial charge in [0.2, 0.25) is 15.9 Å². The maximum Gasteiger partial charge on any atom is 0.224 e. The van der Waals surface area contributed by atoms with Crippen LogP contribution in [0.5, 0.6) is 0 Å². The molecule has 2 fully saturated rings. The molecule has 1 amide bonds. The summed E-state index contributed by atoms with van der Waals surface area (Å²) in [6.45, 7) is 3.96. The smallest absolute Gasteiger partial charge is 0.224 e. The molecule has 1 atom stereocenters. The molecule has 7 heteroatoms. The highest BCUT2D eigenvalue weighted by atomic mass is 32.2. The number of hydrogen-bond acceptors (Lipinski definition) is 4. The largest absolute Gasteiger partial charge is 0.343 e. The Labute approximate surface area is 121 Å². The van der Waals surface area contributed by atoms with Gasteiger partial charge in [-0.1, -0.05) is 0 Å². The summed E-state index contributed by atoms with van der Waals surface area (Å²) >= 11 is 0. The Bertz CT molecular complexity index is 424. The van der Waals surface area contributed by atoms with Crippen molar-refractivity contribution in [3.8, 4) is 0 Å². The van der Waals surface area contributed by atoms with E-state index >= 15 is 0 Å². The van der Waals surface area contributed by atoms with Gasteiger partial charge in [-0.15, -0.1) is 0 Å². The number of likely N-dealkylation sites (tertiary alicyclic amines) is 1. The van der Waals surface area contributed by atoms with Crippen LogP contribution in [0.4, 0.5) is 0 Å². The van der Waals surface area contributed by atoms with E-state index in [1.165, 1.54) is 0 Å². The van der Waals surface area contributed by atoms with Gasteiger partial charge in [-0.25, -0.2) is 13.1 Å². The fourth-order valence-electron chi connectivity index (χ4n) is 2.85. The van der Waals surface area contributed by atoms with Crippen molar-refractivity contribution in [2.75, 3.05) is 25.4 Å². The van der Waals surface area contributed by atoms with E-state index in [9.17, 15) is 13.2 Å². The predicted octanol–water partition coefficient (Wildman–Crippen LogP) is 0.0588. The highest BCUT2D eigenvalue weighted by molar-refractivity contribution is 7.89. The predicted molar refractivity (Wildman–Crippen MR) is 77.8 cm³/mol. The normalized spacial score (nSPS) is 25.1. The van der Waals surface area contributed by atoms with Crippen molar-refractivity contribution in [1.82, 2.24) is 14.9 Å². The Hall–Kier alpha value is -0.660. The molecule has 0 radical (unpaired) electrons. The van der Waals surface area contributed by atoms with Crippen LogP contribution in [0.15, 0.2) is 0 Å². The molecule has 2 saturated heterocycles. The first-order valence-corrected chi connectivity index (χ1v) is 9.16. The molecule has 1 unspecified atom stereocenters. The van der Waals surface area contributed by atoms with Crippen LogP contribution in [0, 0.1) is 0 Å². The molecule has 2 aliphatic heterocycles. The van der Waals surface area contributed by atoms with Gasteiger partial charge in [0.05, 0.1) is 5.75 Å². The third-order valence-electron chi connectivity index (χ3n) is 4.16. The van der Waals surface area contributed by atoms with Crippen LogP contribution in [-0.2, 0) is 14.8 Å². The summed E-state index contributed by atoms with van der Waals surface area (Å²) in [5.41, 5.74) is 0. The lowest BCUT2D eigenvalue weighted by Crippen LogP contribution is -2.47. The first kappa shape index (κ1) is 15.7. The molecule has 20 heavy (non-hydrogen) atoms. The summed E-state index contributed by atoms with van der Waals surface area (Å²) in [5.74, 6) is 0.306. The molecule has 0 saturated carbocycles. The molecular weight excluding hydrogens is 278 g/mol. The molecule has 0 aliphatic carbocycles. The first-order valence-electron chi connectivity index (χ1n) is 7.51. The lowest BCUT2D eigenvalue weighted by molar-refractivity contribution is -0.132. The van der Waals surface area contributed by atoms with Crippen LogP contribution in [0.1, 0.15) is 39.0 Å². The third kappa shape index (κ3) is 4.43. The highest BCUT2D eigenvalue weighted by Crippen LogP contribution is 2.15. The van der Waals surface area contributed by atoms with Gasteiger partial charge in [-0.05, 0) is 39.2 Å². The first-order chi connectivity index (χ1) is 9.50. The van der Waals surface area contributed by atoms with Crippen LogP contribution in [-0.4, -0.2) is 56.7 Å². The monoisotopic (exact) mass is 303 g/mol. The SMILES string of the molecule is CCS(=O)(=O)NC1CCN(C(=O)CC2CCCN2)CC1. The number of amides is 1. The van der Waals surface area contributed by atoms with E-state index in [4.69, 9.17) is 0 Å². The Kier molecular flexibility index (Phi) is 5.40. The van der Waals surface area contributed by atoms with Crippen LogP contribution < -0.4 is 10.0 Å². The van der Waals surface area contributed by atoms with Crippen molar-refractivity contribution in [1.29, 1.82) is 0 Å². The quantitative estimate of drug-likeness (QED) is 0.753. The maximum absolute atomic E-state index is 12.1. The molecular formula is C13H25N3O3S. The average molecular weight is 303 g/mol. The molecule has 116 valence electrons. The summed E-state index contributed by atoms with van der Waals surface area (Å²) in [6, 6.07) is 0.312. The minimum Gasteiger partial charge on any atom is -0.343 e.